The first-order valence-corrected chi connectivity index (χ1v) is 8.07. The molecule has 0 saturated carbocycles. The maximum Gasteiger partial charge on any atom is 0.416 e. The molecule has 2 aromatic carbocycles. The van der Waals surface area contributed by atoms with Crippen LogP contribution in [0.2, 0.25) is 5.02 Å². The van der Waals surface area contributed by atoms with Gasteiger partial charge in [-0.25, -0.2) is 4.39 Å². The van der Waals surface area contributed by atoms with Crippen LogP contribution in [0, 0.1) is 5.82 Å². The van der Waals surface area contributed by atoms with Crippen molar-refractivity contribution >= 4 is 22.4 Å². The molecule has 0 unspecified atom stereocenters. The predicted molar refractivity (Wildman–Crippen MR) is 78.4 cm³/mol. The molecule has 0 N–H and O–H groups in total. The molecule has 0 aliphatic rings. The van der Waals surface area contributed by atoms with E-state index in [0.29, 0.717) is 11.1 Å². The highest BCUT2D eigenvalue weighted by Gasteiger charge is 2.30. The van der Waals surface area contributed by atoms with Gasteiger partial charge in [0.05, 0.1) is 11.3 Å². The van der Waals surface area contributed by atoms with Gasteiger partial charge in [0.1, 0.15) is 5.82 Å². The van der Waals surface area contributed by atoms with Gasteiger partial charge >= 0.3 is 6.18 Å². The maximum atomic E-state index is 12.9. The summed E-state index contributed by atoms with van der Waals surface area (Å²) in [4.78, 5) is 0. The van der Waals surface area contributed by atoms with E-state index in [0.717, 1.165) is 18.2 Å². The fraction of sp³-hybridized carbons (Fsp3) is 0.200. The third kappa shape index (κ3) is 4.55. The van der Waals surface area contributed by atoms with Gasteiger partial charge in [-0.05, 0) is 29.3 Å². The summed E-state index contributed by atoms with van der Waals surface area (Å²) in [6.07, 6.45) is -4.43. The third-order valence-corrected chi connectivity index (χ3v) is 4.55. The largest absolute Gasteiger partial charge is 0.416 e. The summed E-state index contributed by atoms with van der Waals surface area (Å²) >= 11 is 5.84. The minimum Gasteiger partial charge on any atom is -0.259 e. The van der Waals surface area contributed by atoms with E-state index in [-0.39, 0.29) is 16.5 Å². The number of halogens is 5. The number of alkyl halides is 3. The monoisotopic (exact) mass is 350 g/mol. The van der Waals surface area contributed by atoms with Crippen LogP contribution < -0.4 is 0 Å². The molecule has 0 radical (unpaired) electrons. The van der Waals surface area contributed by atoms with Crippen LogP contribution in [0.25, 0.3) is 0 Å². The second kappa shape index (κ2) is 6.79. The molecule has 0 spiro atoms. The lowest BCUT2D eigenvalue weighted by Crippen LogP contribution is -2.06. The number of hydrogen-bond acceptors (Lipinski definition) is 1. The normalized spacial score (nSPS) is 13.1. The van der Waals surface area contributed by atoms with Crippen LogP contribution in [-0.2, 0) is 28.5 Å². The Morgan fingerprint density at radius 2 is 1.77 bits per heavy atom. The molecule has 22 heavy (non-hydrogen) atoms. The van der Waals surface area contributed by atoms with Crippen LogP contribution in [0.3, 0.4) is 0 Å². The van der Waals surface area contributed by atoms with Crippen molar-refractivity contribution in [1.82, 2.24) is 0 Å². The van der Waals surface area contributed by atoms with Crippen LogP contribution in [0.4, 0.5) is 17.6 Å². The molecule has 2 aromatic rings. The minimum absolute atomic E-state index is 0.0301. The molecule has 0 bridgehead atoms. The summed E-state index contributed by atoms with van der Waals surface area (Å²) in [5, 5.41) is 0.150. The van der Waals surface area contributed by atoms with E-state index in [1.54, 1.807) is 0 Å². The average Bonchev–Trinajstić information content (AvgIpc) is 2.41. The first-order valence-electron chi connectivity index (χ1n) is 6.21. The lowest BCUT2D eigenvalue weighted by Gasteiger charge is -2.09. The summed E-state index contributed by atoms with van der Waals surface area (Å²) in [6, 6.07) is 8.43. The van der Waals surface area contributed by atoms with E-state index >= 15 is 0 Å². The van der Waals surface area contributed by atoms with Crippen LogP contribution in [0.1, 0.15) is 16.7 Å². The van der Waals surface area contributed by atoms with Gasteiger partial charge in [-0.15, -0.1) is 0 Å². The van der Waals surface area contributed by atoms with Crippen LogP contribution in [0.5, 0.6) is 0 Å². The van der Waals surface area contributed by atoms with Crippen LogP contribution in [0.15, 0.2) is 42.5 Å². The fourth-order valence-electron chi connectivity index (χ4n) is 1.89. The highest BCUT2D eigenvalue weighted by molar-refractivity contribution is 7.83. The van der Waals surface area contributed by atoms with Crippen molar-refractivity contribution in [1.29, 1.82) is 0 Å². The molecule has 0 heterocycles. The second-order valence-electron chi connectivity index (χ2n) is 4.66. The van der Waals surface area contributed by atoms with E-state index in [1.807, 2.05) is 0 Å². The molecule has 0 aromatic heterocycles. The molecule has 0 saturated heterocycles. The molecule has 0 aliphatic heterocycles. The topological polar surface area (TPSA) is 17.1 Å². The number of benzene rings is 2. The van der Waals surface area contributed by atoms with Gasteiger partial charge in [-0.1, -0.05) is 35.9 Å². The summed E-state index contributed by atoms with van der Waals surface area (Å²) < 4.78 is 62.8. The lowest BCUT2D eigenvalue weighted by atomic mass is 10.1. The molecule has 0 amide bonds. The van der Waals surface area contributed by atoms with E-state index < -0.39 is 28.4 Å². The molecule has 2 rings (SSSR count). The van der Waals surface area contributed by atoms with Gasteiger partial charge in [-0.2, -0.15) is 13.2 Å². The Labute approximate surface area is 132 Å². The van der Waals surface area contributed by atoms with Gasteiger partial charge in [0.25, 0.3) is 0 Å². The Balaban J connectivity index is 2.09. The van der Waals surface area contributed by atoms with E-state index in [2.05, 4.69) is 0 Å². The SMILES string of the molecule is O=[S@](Cc1cccc(C(F)(F)F)c1)Cc1ccc(F)cc1Cl. The lowest BCUT2D eigenvalue weighted by molar-refractivity contribution is -0.137. The summed E-state index contributed by atoms with van der Waals surface area (Å²) in [5.74, 6) is -0.482. The van der Waals surface area contributed by atoms with Gasteiger partial charge < -0.3 is 0 Å². The Bertz CT molecular complexity index is 700. The minimum atomic E-state index is -4.43. The van der Waals surface area contributed by atoms with Gasteiger partial charge in [0.2, 0.25) is 0 Å². The van der Waals surface area contributed by atoms with Crippen molar-refractivity contribution < 1.29 is 21.8 Å². The number of rotatable bonds is 4. The second-order valence-corrected chi connectivity index (χ2v) is 6.53. The predicted octanol–water partition coefficient (Wildman–Crippen LogP) is 4.95. The molecule has 7 heteroatoms. The van der Waals surface area contributed by atoms with Crippen molar-refractivity contribution in [2.75, 3.05) is 0 Å². The standard InChI is InChI=1S/C15H11ClF4OS/c16-14-7-13(17)5-4-11(14)9-22(21)8-10-2-1-3-12(6-10)15(18,19)20/h1-7H,8-9H2/t22-/m1/s1. The third-order valence-electron chi connectivity index (χ3n) is 2.91. The van der Waals surface area contributed by atoms with Gasteiger partial charge in [0, 0.05) is 21.6 Å². The Hall–Kier alpha value is -1.40. The van der Waals surface area contributed by atoms with Crippen molar-refractivity contribution in [3.8, 4) is 0 Å². The fourth-order valence-corrected chi connectivity index (χ4v) is 3.45. The summed E-state index contributed by atoms with van der Waals surface area (Å²) in [5.41, 5.74) is 0.0431. The highest BCUT2D eigenvalue weighted by Crippen LogP contribution is 2.30. The highest BCUT2D eigenvalue weighted by atomic mass is 35.5. The van der Waals surface area contributed by atoms with E-state index in [9.17, 15) is 21.8 Å². The molecule has 1 nitrogen and oxygen atoms in total. The molecular formula is C15H11ClF4OS. The first-order chi connectivity index (χ1) is 10.3. The first kappa shape index (κ1) is 17.0. The van der Waals surface area contributed by atoms with Crippen LogP contribution in [-0.4, -0.2) is 4.21 Å². The Kier molecular flexibility index (Phi) is 5.24. The molecule has 1 atom stereocenters. The summed E-state index contributed by atoms with van der Waals surface area (Å²) in [6.45, 7) is 0. The van der Waals surface area contributed by atoms with Crippen molar-refractivity contribution in [2.45, 2.75) is 17.7 Å². The van der Waals surface area contributed by atoms with E-state index in [1.165, 1.54) is 24.3 Å². The van der Waals surface area contributed by atoms with Crippen molar-refractivity contribution in [3.05, 3.63) is 70.0 Å². The number of hydrogen-bond donors (Lipinski definition) is 0. The van der Waals surface area contributed by atoms with Crippen molar-refractivity contribution in [2.24, 2.45) is 0 Å². The Morgan fingerprint density at radius 1 is 1.05 bits per heavy atom. The average molecular weight is 351 g/mol. The van der Waals surface area contributed by atoms with Crippen molar-refractivity contribution in [3.63, 3.8) is 0 Å². The van der Waals surface area contributed by atoms with Gasteiger partial charge in [-0.3, -0.25) is 4.21 Å². The molecule has 0 aliphatic carbocycles. The van der Waals surface area contributed by atoms with E-state index in [4.69, 9.17) is 11.6 Å². The smallest absolute Gasteiger partial charge is 0.259 e. The molecule has 0 fully saturated rings. The zero-order chi connectivity index (χ0) is 16.3. The van der Waals surface area contributed by atoms with Gasteiger partial charge in [0.15, 0.2) is 0 Å². The maximum absolute atomic E-state index is 12.9. The quantitative estimate of drug-likeness (QED) is 0.713. The zero-order valence-corrected chi connectivity index (χ0v) is 12.7. The zero-order valence-electron chi connectivity index (χ0n) is 11.2. The molecular weight excluding hydrogens is 340 g/mol. The van der Waals surface area contributed by atoms with Crippen LogP contribution >= 0.6 is 11.6 Å². The summed E-state index contributed by atoms with van der Waals surface area (Å²) in [7, 11) is -1.45. The molecule has 118 valence electrons. The Morgan fingerprint density at radius 3 is 2.41 bits per heavy atom.